The van der Waals surface area contributed by atoms with Gasteiger partial charge in [-0.05, 0) is 27.2 Å². The van der Waals surface area contributed by atoms with E-state index < -0.39 is 0 Å². The third kappa shape index (κ3) is 3.40. The highest BCUT2D eigenvalue weighted by atomic mass is 16.1. The highest BCUT2D eigenvalue weighted by Crippen LogP contribution is 2.15. The number of amides is 1. The predicted molar refractivity (Wildman–Crippen MR) is 59.7 cm³/mol. The zero-order chi connectivity index (χ0) is 11.1. The van der Waals surface area contributed by atoms with Crippen LogP contribution in [0.2, 0.25) is 0 Å². The van der Waals surface area contributed by atoms with Crippen molar-refractivity contribution in [1.29, 1.82) is 0 Å². The summed E-state index contributed by atoms with van der Waals surface area (Å²) in [5.74, 6) is -0.305. The van der Waals surface area contributed by atoms with Gasteiger partial charge in [0.1, 0.15) is 0 Å². The number of carbonyl (C=O) groups excluding carboxylic acids is 1. The second-order valence-electron chi connectivity index (χ2n) is 3.36. The lowest BCUT2D eigenvalue weighted by molar-refractivity contribution is -0.114. The lowest BCUT2D eigenvalue weighted by Crippen LogP contribution is -2.26. The van der Waals surface area contributed by atoms with Gasteiger partial charge in [-0.15, -0.1) is 0 Å². The van der Waals surface area contributed by atoms with Gasteiger partial charge < -0.3 is 10.6 Å². The zero-order valence-corrected chi connectivity index (χ0v) is 9.76. The van der Waals surface area contributed by atoms with Gasteiger partial charge in [-0.3, -0.25) is 4.79 Å². The minimum absolute atomic E-state index is 0.305. The summed E-state index contributed by atoms with van der Waals surface area (Å²) in [4.78, 5) is 13.3. The van der Waals surface area contributed by atoms with Crippen LogP contribution in [0.25, 0.3) is 0 Å². The lowest BCUT2D eigenvalue weighted by atomic mass is 10.1. The van der Waals surface area contributed by atoms with Crippen LogP contribution >= 0.6 is 0 Å². The van der Waals surface area contributed by atoms with Crippen LogP contribution in [0.4, 0.5) is 0 Å². The average molecular weight is 198 g/mol. The summed E-state index contributed by atoms with van der Waals surface area (Å²) >= 11 is 0. The van der Waals surface area contributed by atoms with Crippen LogP contribution in [0.15, 0.2) is 11.3 Å². The van der Waals surface area contributed by atoms with Gasteiger partial charge in [-0.25, -0.2) is 0 Å². The standard InChI is InChI=1S/C11H22N2O/c1-5-8-10(9(4)11(12)14)13(6-2)7-3/h5-8H2,1-4H3,(H2,12,14)/b10-9+. The summed E-state index contributed by atoms with van der Waals surface area (Å²) in [7, 11) is 0. The van der Waals surface area contributed by atoms with Crippen LogP contribution in [-0.4, -0.2) is 23.9 Å². The Bertz CT molecular complexity index is 217. The van der Waals surface area contributed by atoms with E-state index in [1.54, 1.807) is 0 Å². The van der Waals surface area contributed by atoms with E-state index in [1.807, 2.05) is 6.92 Å². The molecule has 14 heavy (non-hydrogen) atoms. The van der Waals surface area contributed by atoms with Crippen LogP contribution in [-0.2, 0) is 4.79 Å². The minimum atomic E-state index is -0.305. The molecule has 2 N–H and O–H groups in total. The Labute approximate surface area is 87.0 Å². The van der Waals surface area contributed by atoms with E-state index in [0.717, 1.165) is 31.6 Å². The minimum Gasteiger partial charge on any atom is -0.375 e. The van der Waals surface area contributed by atoms with Gasteiger partial charge in [0.2, 0.25) is 5.91 Å². The molecular weight excluding hydrogens is 176 g/mol. The van der Waals surface area contributed by atoms with Crippen molar-refractivity contribution in [1.82, 2.24) is 4.90 Å². The Morgan fingerprint density at radius 2 is 1.71 bits per heavy atom. The second-order valence-corrected chi connectivity index (χ2v) is 3.36. The molecular formula is C11H22N2O. The monoisotopic (exact) mass is 198 g/mol. The third-order valence-corrected chi connectivity index (χ3v) is 2.43. The van der Waals surface area contributed by atoms with Crippen molar-refractivity contribution in [2.45, 2.75) is 40.5 Å². The molecule has 0 unspecified atom stereocenters. The number of rotatable bonds is 6. The quantitative estimate of drug-likeness (QED) is 0.662. The molecule has 3 nitrogen and oxygen atoms in total. The van der Waals surface area contributed by atoms with Crippen LogP contribution in [0, 0.1) is 0 Å². The van der Waals surface area contributed by atoms with Gasteiger partial charge in [-0.2, -0.15) is 0 Å². The summed E-state index contributed by atoms with van der Waals surface area (Å²) < 4.78 is 0. The molecule has 0 aliphatic rings. The van der Waals surface area contributed by atoms with Crippen molar-refractivity contribution in [3.8, 4) is 0 Å². The van der Waals surface area contributed by atoms with E-state index in [4.69, 9.17) is 5.73 Å². The smallest absolute Gasteiger partial charge is 0.246 e. The number of hydrogen-bond acceptors (Lipinski definition) is 2. The van der Waals surface area contributed by atoms with Crippen molar-refractivity contribution >= 4 is 5.91 Å². The molecule has 0 atom stereocenters. The Balaban J connectivity index is 4.89. The van der Waals surface area contributed by atoms with Crippen molar-refractivity contribution in [3.63, 3.8) is 0 Å². The fourth-order valence-electron chi connectivity index (χ4n) is 1.57. The molecule has 0 aromatic heterocycles. The first-order valence-electron chi connectivity index (χ1n) is 5.32. The van der Waals surface area contributed by atoms with Gasteiger partial charge in [0.05, 0.1) is 0 Å². The summed E-state index contributed by atoms with van der Waals surface area (Å²) in [6.07, 6.45) is 1.97. The molecule has 0 radical (unpaired) electrons. The van der Waals surface area contributed by atoms with Gasteiger partial charge in [0, 0.05) is 24.4 Å². The Kier molecular flexibility index (Phi) is 6.00. The molecule has 0 aliphatic heterocycles. The van der Waals surface area contributed by atoms with Gasteiger partial charge in [0.15, 0.2) is 0 Å². The number of hydrogen-bond donors (Lipinski definition) is 1. The van der Waals surface area contributed by atoms with Gasteiger partial charge >= 0.3 is 0 Å². The highest BCUT2D eigenvalue weighted by Gasteiger charge is 2.11. The van der Waals surface area contributed by atoms with E-state index in [0.29, 0.717) is 5.57 Å². The summed E-state index contributed by atoms with van der Waals surface area (Å²) in [5, 5.41) is 0. The predicted octanol–water partition coefficient (Wildman–Crippen LogP) is 1.89. The summed E-state index contributed by atoms with van der Waals surface area (Å²) in [5.41, 5.74) is 7.10. The maximum Gasteiger partial charge on any atom is 0.246 e. The van der Waals surface area contributed by atoms with Crippen LogP contribution in [0.3, 0.4) is 0 Å². The van der Waals surface area contributed by atoms with E-state index in [9.17, 15) is 4.79 Å². The van der Waals surface area contributed by atoms with Crippen molar-refractivity contribution in [2.24, 2.45) is 5.73 Å². The molecule has 0 saturated heterocycles. The number of nitrogens with zero attached hydrogens (tertiary/aromatic N) is 1. The Morgan fingerprint density at radius 3 is 2.00 bits per heavy atom. The van der Waals surface area contributed by atoms with Crippen molar-refractivity contribution in [3.05, 3.63) is 11.3 Å². The molecule has 0 saturated carbocycles. The molecule has 0 aromatic carbocycles. The van der Waals surface area contributed by atoms with Crippen molar-refractivity contribution in [2.75, 3.05) is 13.1 Å². The maximum absolute atomic E-state index is 11.1. The molecule has 0 aromatic rings. The first-order valence-corrected chi connectivity index (χ1v) is 5.32. The molecule has 82 valence electrons. The van der Waals surface area contributed by atoms with E-state index in [-0.39, 0.29) is 5.91 Å². The van der Waals surface area contributed by atoms with Gasteiger partial charge in [-0.1, -0.05) is 13.3 Å². The fourth-order valence-corrected chi connectivity index (χ4v) is 1.57. The van der Waals surface area contributed by atoms with Crippen LogP contribution < -0.4 is 5.73 Å². The highest BCUT2D eigenvalue weighted by molar-refractivity contribution is 5.91. The average Bonchev–Trinajstić information content (AvgIpc) is 2.17. The first-order chi connectivity index (χ1) is 6.58. The number of allylic oxidation sites excluding steroid dienone is 1. The number of carbonyl (C=O) groups is 1. The number of primary amides is 1. The summed E-state index contributed by atoms with van der Waals surface area (Å²) in [6, 6.07) is 0. The topological polar surface area (TPSA) is 46.3 Å². The molecule has 0 heterocycles. The molecule has 0 bridgehead atoms. The normalized spacial score (nSPS) is 12.3. The maximum atomic E-state index is 11.1. The van der Waals surface area contributed by atoms with E-state index >= 15 is 0 Å². The van der Waals surface area contributed by atoms with E-state index in [2.05, 4.69) is 25.7 Å². The Morgan fingerprint density at radius 1 is 1.21 bits per heavy atom. The molecule has 0 fully saturated rings. The first kappa shape index (κ1) is 13.0. The largest absolute Gasteiger partial charge is 0.375 e. The third-order valence-electron chi connectivity index (χ3n) is 2.43. The zero-order valence-electron chi connectivity index (χ0n) is 9.76. The Hall–Kier alpha value is -0.990. The van der Waals surface area contributed by atoms with Crippen LogP contribution in [0.1, 0.15) is 40.5 Å². The molecule has 3 heteroatoms. The molecule has 0 spiro atoms. The van der Waals surface area contributed by atoms with Gasteiger partial charge in [0.25, 0.3) is 0 Å². The second kappa shape index (κ2) is 6.46. The van der Waals surface area contributed by atoms with Crippen molar-refractivity contribution < 1.29 is 4.79 Å². The fraction of sp³-hybridized carbons (Fsp3) is 0.727. The molecule has 1 amide bonds. The lowest BCUT2D eigenvalue weighted by Gasteiger charge is -2.25. The molecule has 0 rings (SSSR count). The summed E-state index contributed by atoms with van der Waals surface area (Å²) in [6.45, 7) is 9.96. The van der Waals surface area contributed by atoms with E-state index in [1.165, 1.54) is 0 Å². The SMILES string of the molecule is CCC/C(=C(/C)C(N)=O)N(CC)CC. The number of nitrogens with two attached hydrogens (primary N) is 1. The van der Waals surface area contributed by atoms with Crippen LogP contribution in [0.5, 0.6) is 0 Å². The molecule has 0 aliphatic carbocycles.